The summed E-state index contributed by atoms with van der Waals surface area (Å²) in [7, 11) is 0. The second kappa shape index (κ2) is 5.67. The number of β-amino-alcohol motifs (C(OH)–C–C–N with tert-alkyl or cyclic N) is 1. The molecule has 15 heavy (non-hydrogen) atoms. The lowest BCUT2D eigenvalue weighted by Gasteiger charge is -2.17. The van der Waals surface area contributed by atoms with Crippen LogP contribution in [0.5, 0.6) is 0 Å². The van der Waals surface area contributed by atoms with E-state index in [4.69, 9.17) is 0 Å². The Morgan fingerprint density at radius 3 is 2.87 bits per heavy atom. The predicted octanol–water partition coefficient (Wildman–Crippen LogP) is -1.10. The largest absolute Gasteiger partial charge is 0.390 e. The lowest BCUT2D eigenvalue weighted by atomic mass is 10.3. The van der Waals surface area contributed by atoms with Crippen LogP contribution in [0.25, 0.3) is 0 Å². The Hall–Kier alpha value is -1.14. The summed E-state index contributed by atoms with van der Waals surface area (Å²) in [4.78, 5) is 23.3. The van der Waals surface area contributed by atoms with Gasteiger partial charge in [0, 0.05) is 6.54 Å². The second-order valence-corrected chi connectivity index (χ2v) is 3.52. The number of hydrogen-bond donors (Lipinski definition) is 3. The van der Waals surface area contributed by atoms with Crippen molar-refractivity contribution in [1.82, 2.24) is 15.5 Å². The van der Waals surface area contributed by atoms with E-state index in [0.29, 0.717) is 6.54 Å². The maximum Gasteiger partial charge on any atom is 0.324 e. The number of nitrogens with zero attached hydrogens (tertiary/aromatic N) is 1. The van der Waals surface area contributed by atoms with Crippen LogP contribution in [0.1, 0.15) is 13.3 Å². The van der Waals surface area contributed by atoms with Crippen LogP contribution in [0, 0.1) is 0 Å². The zero-order chi connectivity index (χ0) is 11.3. The molecule has 6 heteroatoms. The monoisotopic (exact) mass is 215 g/mol. The molecule has 1 aliphatic heterocycles. The minimum Gasteiger partial charge on any atom is -0.390 e. The van der Waals surface area contributed by atoms with Crippen LogP contribution < -0.4 is 10.6 Å². The third-order valence-electron chi connectivity index (χ3n) is 2.14. The molecular formula is C9H17N3O3. The van der Waals surface area contributed by atoms with Crippen LogP contribution in [0.15, 0.2) is 0 Å². The molecule has 0 radical (unpaired) electrons. The highest BCUT2D eigenvalue weighted by Gasteiger charge is 2.29. The molecule has 0 aliphatic carbocycles. The van der Waals surface area contributed by atoms with E-state index in [1.807, 2.05) is 6.92 Å². The molecule has 0 spiro atoms. The van der Waals surface area contributed by atoms with Gasteiger partial charge in [-0.05, 0) is 13.0 Å². The first kappa shape index (κ1) is 11.9. The number of aliphatic hydroxyl groups is 1. The number of rotatable bonds is 6. The molecule has 1 atom stereocenters. The number of nitrogens with one attached hydrogen (secondary N) is 2. The van der Waals surface area contributed by atoms with Crippen LogP contribution in [-0.2, 0) is 4.79 Å². The summed E-state index contributed by atoms with van der Waals surface area (Å²) in [6.45, 7) is 3.33. The molecule has 1 fully saturated rings. The molecule has 86 valence electrons. The summed E-state index contributed by atoms with van der Waals surface area (Å²) in [5, 5.41) is 15.0. The Morgan fingerprint density at radius 1 is 1.60 bits per heavy atom. The van der Waals surface area contributed by atoms with E-state index in [0.717, 1.165) is 17.9 Å². The Bertz CT molecular complexity index is 229. The highest BCUT2D eigenvalue weighted by atomic mass is 16.3. The molecule has 1 unspecified atom stereocenters. The molecule has 1 heterocycles. The molecule has 6 nitrogen and oxygen atoms in total. The van der Waals surface area contributed by atoms with Crippen molar-refractivity contribution in [2.45, 2.75) is 19.4 Å². The third kappa shape index (κ3) is 3.49. The van der Waals surface area contributed by atoms with E-state index in [9.17, 15) is 14.7 Å². The standard InChI is InChI=1S/C9H17N3O3/c1-2-3-10-4-7(13)6-12-8(14)5-11-9(12)15/h7,10,13H,2-6H2,1H3,(H,11,15). The average Bonchev–Trinajstić information content (AvgIpc) is 2.50. The first-order valence-electron chi connectivity index (χ1n) is 5.12. The first-order valence-corrected chi connectivity index (χ1v) is 5.12. The van der Waals surface area contributed by atoms with Gasteiger partial charge in [0.1, 0.15) is 0 Å². The Balaban J connectivity index is 2.27. The van der Waals surface area contributed by atoms with Crippen LogP contribution in [0.2, 0.25) is 0 Å². The Labute approximate surface area is 88.6 Å². The number of amides is 3. The highest BCUT2D eigenvalue weighted by molar-refractivity contribution is 6.01. The van der Waals surface area contributed by atoms with Gasteiger partial charge in [-0.1, -0.05) is 6.92 Å². The topological polar surface area (TPSA) is 81.7 Å². The van der Waals surface area contributed by atoms with Gasteiger partial charge in [0.25, 0.3) is 0 Å². The molecule has 0 bridgehead atoms. The molecule has 3 amide bonds. The van der Waals surface area contributed by atoms with Gasteiger partial charge in [-0.2, -0.15) is 0 Å². The number of urea groups is 1. The number of imide groups is 1. The number of carbonyl (C=O) groups is 2. The number of aliphatic hydroxyl groups excluding tert-OH is 1. The van der Waals surface area contributed by atoms with Gasteiger partial charge < -0.3 is 15.7 Å². The van der Waals surface area contributed by atoms with Crippen molar-refractivity contribution in [1.29, 1.82) is 0 Å². The van der Waals surface area contributed by atoms with Crippen molar-refractivity contribution in [2.75, 3.05) is 26.2 Å². The van der Waals surface area contributed by atoms with Crippen molar-refractivity contribution in [3.63, 3.8) is 0 Å². The van der Waals surface area contributed by atoms with Crippen molar-refractivity contribution in [3.05, 3.63) is 0 Å². The summed E-state index contributed by atoms with van der Waals surface area (Å²) in [5.74, 6) is -0.283. The maximum atomic E-state index is 11.2. The van der Waals surface area contributed by atoms with E-state index in [-0.39, 0.29) is 19.0 Å². The van der Waals surface area contributed by atoms with Gasteiger partial charge >= 0.3 is 6.03 Å². The minimum absolute atomic E-state index is 0.0357. The number of carbonyl (C=O) groups excluding carboxylic acids is 2. The predicted molar refractivity (Wildman–Crippen MR) is 54.3 cm³/mol. The third-order valence-corrected chi connectivity index (χ3v) is 2.14. The lowest BCUT2D eigenvalue weighted by Crippen LogP contribution is -2.41. The molecule has 0 aromatic rings. The van der Waals surface area contributed by atoms with Crippen LogP contribution >= 0.6 is 0 Å². The molecule has 0 aromatic heterocycles. The zero-order valence-corrected chi connectivity index (χ0v) is 8.82. The van der Waals surface area contributed by atoms with Gasteiger partial charge in [-0.3, -0.25) is 9.69 Å². The maximum absolute atomic E-state index is 11.2. The molecule has 0 saturated carbocycles. The average molecular weight is 215 g/mol. The zero-order valence-electron chi connectivity index (χ0n) is 8.82. The highest BCUT2D eigenvalue weighted by Crippen LogP contribution is 2.00. The van der Waals surface area contributed by atoms with Gasteiger partial charge in [-0.25, -0.2) is 4.79 Å². The summed E-state index contributed by atoms with van der Waals surface area (Å²) >= 11 is 0. The number of hydrogen-bond acceptors (Lipinski definition) is 4. The SMILES string of the molecule is CCCNCC(O)CN1C(=O)CNC1=O. The fourth-order valence-corrected chi connectivity index (χ4v) is 1.36. The van der Waals surface area contributed by atoms with E-state index < -0.39 is 12.1 Å². The molecule has 1 aliphatic rings. The van der Waals surface area contributed by atoms with Crippen LogP contribution in [0.4, 0.5) is 4.79 Å². The van der Waals surface area contributed by atoms with Crippen molar-refractivity contribution in [3.8, 4) is 0 Å². The molecule has 0 aromatic carbocycles. The second-order valence-electron chi connectivity index (χ2n) is 3.52. The lowest BCUT2D eigenvalue weighted by molar-refractivity contribution is -0.125. The normalized spacial score (nSPS) is 18.1. The Morgan fingerprint density at radius 2 is 2.33 bits per heavy atom. The molecular weight excluding hydrogens is 198 g/mol. The smallest absolute Gasteiger partial charge is 0.324 e. The van der Waals surface area contributed by atoms with E-state index >= 15 is 0 Å². The molecule has 3 N–H and O–H groups in total. The van der Waals surface area contributed by atoms with Crippen molar-refractivity contribution >= 4 is 11.9 Å². The van der Waals surface area contributed by atoms with Crippen LogP contribution in [0.3, 0.4) is 0 Å². The molecule has 1 rings (SSSR count). The quantitative estimate of drug-likeness (QED) is 0.388. The van der Waals surface area contributed by atoms with E-state index in [1.54, 1.807) is 0 Å². The van der Waals surface area contributed by atoms with Gasteiger partial charge in [0.05, 0.1) is 19.2 Å². The summed E-state index contributed by atoms with van der Waals surface area (Å²) in [6.07, 6.45) is 0.278. The van der Waals surface area contributed by atoms with Gasteiger partial charge in [-0.15, -0.1) is 0 Å². The summed E-state index contributed by atoms with van der Waals surface area (Å²) < 4.78 is 0. The molecule has 1 saturated heterocycles. The van der Waals surface area contributed by atoms with Gasteiger partial charge in [0.15, 0.2) is 0 Å². The summed E-state index contributed by atoms with van der Waals surface area (Å²) in [6, 6.07) is -0.422. The van der Waals surface area contributed by atoms with Crippen molar-refractivity contribution in [2.24, 2.45) is 0 Å². The van der Waals surface area contributed by atoms with E-state index in [1.165, 1.54) is 0 Å². The summed E-state index contributed by atoms with van der Waals surface area (Å²) in [5.41, 5.74) is 0. The van der Waals surface area contributed by atoms with E-state index in [2.05, 4.69) is 10.6 Å². The van der Waals surface area contributed by atoms with Gasteiger partial charge in [0.2, 0.25) is 5.91 Å². The fourth-order valence-electron chi connectivity index (χ4n) is 1.36. The van der Waals surface area contributed by atoms with Crippen LogP contribution in [-0.4, -0.2) is 54.2 Å². The fraction of sp³-hybridized carbons (Fsp3) is 0.778. The van der Waals surface area contributed by atoms with Crippen molar-refractivity contribution < 1.29 is 14.7 Å². The first-order chi connectivity index (χ1) is 7.15. The Kier molecular flexibility index (Phi) is 4.51. The minimum atomic E-state index is -0.704.